The molecule has 12 rings (SSSR count). The second kappa shape index (κ2) is 19.7. The Hall–Kier alpha value is -9.48. The lowest BCUT2D eigenvalue weighted by Crippen LogP contribution is -2.37. The van der Waals surface area contributed by atoms with Gasteiger partial charge < -0.3 is 9.80 Å². The van der Waals surface area contributed by atoms with E-state index in [1.807, 2.05) is 36.4 Å². The number of benzene rings is 8. The first-order valence-corrected chi connectivity index (χ1v) is 26.6. The number of nitriles is 2. The van der Waals surface area contributed by atoms with Crippen molar-refractivity contribution in [2.45, 2.75) is 54.5 Å². The van der Waals surface area contributed by atoms with Gasteiger partial charge in [-0.05, 0) is 199 Å². The highest BCUT2D eigenvalue weighted by atomic mass is 15.2. The third-order valence-corrected chi connectivity index (χ3v) is 16.0. The van der Waals surface area contributed by atoms with Crippen molar-refractivity contribution < 1.29 is 0 Å². The minimum Gasteiger partial charge on any atom is -0.330 e. The molecule has 0 N–H and O–H groups in total. The average molecular weight is 991 g/mol. The van der Waals surface area contributed by atoms with Crippen molar-refractivity contribution in [3.63, 3.8) is 0 Å². The number of anilines is 4. The Balaban J connectivity index is 1.04. The zero-order valence-electron chi connectivity index (χ0n) is 44.7. The van der Waals surface area contributed by atoms with Gasteiger partial charge in [-0.25, -0.2) is 0 Å². The van der Waals surface area contributed by atoms with Crippen molar-refractivity contribution in [1.82, 2.24) is 0 Å². The third-order valence-electron chi connectivity index (χ3n) is 16.0. The van der Waals surface area contributed by atoms with Crippen LogP contribution in [0, 0.1) is 77.0 Å². The van der Waals surface area contributed by atoms with Crippen molar-refractivity contribution >= 4 is 22.7 Å². The van der Waals surface area contributed by atoms with Crippen molar-refractivity contribution in [3.8, 4) is 56.6 Å². The smallest absolute Gasteiger partial charge is 0.0992 e. The predicted molar refractivity (Wildman–Crippen MR) is 319 cm³/mol. The van der Waals surface area contributed by atoms with Gasteiger partial charge in [0.25, 0.3) is 0 Å². The highest BCUT2D eigenvalue weighted by Crippen LogP contribution is 2.53. The van der Waals surface area contributed by atoms with E-state index in [-0.39, 0.29) is 12.0 Å². The van der Waals surface area contributed by atoms with Gasteiger partial charge in [0.15, 0.2) is 0 Å². The van der Waals surface area contributed by atoms with Gasteiger partial charge in [-0.1, -0.05) is 162 Å². The zero-order chi connectivity index (χ0) is 53.1. The molecule has 4 nitrogen and oxygen atoms in total. The molecule has 0 aliphatic heterocycles. The lowest BCUT2D eigenvalue weighted by molar-refractivity contribution is 0.773. The minimum atomic E-state index is -0.241. The summed E-state index contributed by atoms with van der Waals surface area (Å²) in [6.07, 6.45) is 18.5. The molecule has 0 heterocycles. The summed E-state index contributed by atoms with van der Waals surface area (Å²) < 4.78 is 0. The van der Waals surface area contributed by atoms with E-state index in [2.05, 4.69) is 246 Å². The fraction of sp³-hybridized carbons (Fsp3) is 0.123. The predicted octanol–water partition coefficient (Wildman–Crippen LogP) is 18.3. The quantitative estimate of drug-likeness (QED) is 0.137. The summed E-state index contributed by atoms with van der Waals surface area (Å²) in [5.74, 6) is -0.0850. The van der Waals surface area contributed by atoms with E-state index in [0.29, 0.717) is 11.1 Å². The molecule has 77 heavy (non-hydrogen) atoms. The number of rotatable bonds is 10. The van der Waals surface area contributed by atoms with Gasteiger partial charge in [0.1, 0.15) is 0 Å². The fourth-order valence-electron chi connectivity index (χ4n) is 12.3. The van der Waals surface area contributed by atoms with Crippen LogP contribution in [0.25, 0.3) is 44.5 Å². The first kappa shape index (κ1) is 48.5. The number of hydrogen-bond donors (Lipinski definition) is 0. The Labute approximate surface area is 453 Å². The molecule has 4 aliphatic rings. The van der Waals surface area contributed by atoms with E-state index in [4.69, 9.17) is 0 Å². The van der Waals surface area contributed by atoms with Crippen LogP contribution in [0.2, 0.25) is 0 Å². The van der Waals surface area contributed by atoms with E-state index in [1.165, 1.54) is 77.9 Å². The number of aryl methyl sites for hydroxylation is 7. The van der Waals surface area contributed by atoms with Gasteiger partial charge in [-0.3, -0.25) is 0 Å². The monoisotopic (exact) mass is 990 g/mol. The first-order valence-electron chi connectivity index (χ1n) is 26.6. The standard InChI is InChI=1S/C73H58N4/c1-45-18-27-60(49(5)36-45)56-25-34-70(66(41-56)62-17-9-8-12-48(62)4)76(58-15-10-13-52(39-58)43-74)68-32-23-54-22-31-65-69(33-24-55-21-30-64(68)72(54)73(55)65)77(59-16-11-14-53(40-59)44-75)71-35-26-57(61-28-19-46(2)37-50(61)6)42-67(71)63-29-20-47(3)38-51(63)7/h8-42,68,73H,1-7H3. The fourth-order valence-corrected chi connectivity index (χ4v) is 12.3. The Kier molecular flexibility index (Phi) is 12.4. The maximum absolute atomic E-state index is 10.4. The normalized spacial score (nSPS) is 15.9. The van der Waals surface area contributed by atoms with Crippen LogP contribution >= 0.6 is 0 Å². The molecular weight excluding hydrogens is 933 g/mol. The lowest BCUT2D eigenvalue weighted by Gasteiger charge is -2.44. The Morgan fingerprint density at radius 2 is 1.00 bits per heavy atom. The van der Waals surface area contributed by atoms with E-state index >= 15 is 0 Å². The molecule has 0 fully saturated rings. The first-order chi connectivity index (χ1) is 37.5. The average Bonchev–Trinajstić information content (AvgIpc) is 3.47. The molecule has 4 heteroatoms. The number of nitrogens with zero attached hydrogens (tertiary/aromatic N) is 4. The molecule has 0 radical (unpaired) electrons. The van der Waals surface area contributed by atoms with Crippen LogP contribution in [0.3, 0.4) is 0 Å². The molecule has 370 valence electrons. The summed E-state index contributed by atoms with van der Waals surface area (Å²) in [4.78, 5) is 4.84. The molecule has 0 spiro atoms. The lowest BCUT2D eigenvalue weighted by atomic mass is 9.67. The SMILES string of the molecule is Cc1ccc(-c2ccc(N(C3=C4C=CC5=C6C(=CC=C(C=C3)C46)C(N(c3cccc(C#N)c3)c3ccc(-c4ccc(C)cc4C)cc3-c3ccccc3C)C=C5)c3cccc(C#N)c3)c(-c3ccc(C)cc3C)c2)c(C)c1. The topological polar surface area (TPSA) is 54.1 Å². The summed E-state index contributed by atoms with van der Waals surface area (Å²) >= 11 is 0. The van der Waals surface area contributed by atoms with Crippen molar-refractivity contribution in [2.75, 3.05) is 9.80 Å². The van der Waals surface area contributed by atoms with Gasteiger partial charge in [-0.2, -0.15) is 10.5 Å². The van der Waals surface area contributed by atoms with Crippen LogP contribution in [0.1, 0.15) is 50.1 Å². The molecule has 0 aromatic heterocycles. The van der Waals surface area contributed by atoms with Crippen LogP contribution in [0.5, 0.6) is 0 Å². The number of hydrogen-bond acceptors (Lipinski definition) is 4. The molecule has 0 saturated carbocycles. The van der Waals surface area contributed by atoms with Crippen LogP contribution in [-0.2, 0) is 0 Å². The molecule has 2 atom stereocenters. The third kappa shape index (κ3) is 8.69. The van der Waals surface area contributed by atoms with Crippen LogP contribution in [0.15, 0.2) is 246 Å². The van der Waals surface area contributed by atoms with Crippen LogP contribution < -0.4 is 9.80 Å². The van der Waals surface area contributed by atoms with Crippen LogP contribution in [0.4, 0.5) is 22.7 Å². The summed E-state index contributed by atoms with van der Waals surface area (Å²) in [7, 11) is 0. The molecule has 2 unspecified atom stereocenters. The summed E-state index contributed by atoms with van der Waals surface area (Å²) in [5, 5.41) is 20.8. The Morgan fingerprint density at radius 3 is 1.62 bits per heavy atom. The van der Waals surface area contributed by atoms with Gasteiger partial charge in [0.2, 0.25) is 0 Å². The van der Waals surface area contributed by atoms with Crippen molar-refractivity contribution in [2.24, 2.45) is 5.92 Å². The molecule has 0 amide bonds. The van der Waals surface area contributed by atoms with E-state index in [1.54, 1.807) is 0 Å². The summed E-state index contributed by atoms with van der Waals surface area (Å²) in [6.45, 7) is 15.2. The molecule has 4 aliphatic carbocycles. The van der Waals surface area contributed by atoms with Gasteiger partial charge >= 0.3 is 0 Å². The van der Waals surface area contributed by atoms with Crippen molar-refractivity contribution in [3.05, 3.63) is 296 Å². The second-order valence-electron chi connectivity index (χ2n) is 21.2. The summed E-state index contributed by atoms with van der Waals surface area (Å²) in [6, 6.07) is 63.4. The van der Waals surface area contributed by atoms with Gasteiger partial charge in [-0.15, -0.1) is 0 Å². The molecule has 0 bridgehead atoms. The Bertz CT molecular complexity index is 4110. The van der Waals surface area contributed by atoms with E-state index < -0.39 is 0 Å². The molecular formula is C73H58N4. The van der Waals surface area contributed by atoms with E-state index in [0.717, 1.165) is 61.8 Å². The number of allylic oxidation sites excluding steroid dienone is 10. The second-order valence-corrected chi connectivity index (χ2v) is 21.2. The molecule has 0 saturated heterocycles. The highest BCUT2D eigenvalue weighted by Gasteiger charge is 2.41. The minimum absolute atomic E-state index is 0.0850. The zero-order valence-corrected chi connectivity index (χ0v) is 44.7. The summed E-state index contributed by atoms with van der Waals surface area (Å²) in [5.41, 5.74) is 30.0. The maximum Gasteiger partial charge on any atom is 0.0992 e. The van der Waals surface area contributed by atoms with Crippen molar-refractivity contribution in [1.29, 1.82) is 10.5 Å². The van der Waals surface area contributed by atoms with Gasteiger partial charge in [0.05, 0.1) is 40.7 Å². The maximum atomic E-state index is 10.4. The Morgan fingerprint density at radius 1 is 0.429 bits per heavy atom. The highest BCUT2D eigenvalue weighted by molar-refractivity contribution is 5.93. The van der Waals surface area contributed by atoms with Crippen LogP contribution in [-0.4, -0.2) is 6.04 Å². The largest absolute Gasteiger partial charge is 0.330 e. The van der Waals surface area contributed by atoms with E-state index in [9.17, 15) is 10.5 Å². The molecule has 8 aromatic carbocycles. The molecule has 8 aromatic rings. The van der Waals surface area contributed by atoms with Gasteiger partial charge in [0, 0.05) is 34.1 Å².